The molecule has 7 heteroatoms. The average molecular weight is 325 g/mol. The molecule has 118 valence electrons. The van der Waals surface area contributed by atoms with Gasteiger partial charge in [0.15, 0.2) is 0 Å². The molecular formula is C15H17ClN2O4. The highest BCUT2D eigenvalue weighted by Crippen LogP contribution is 2.30. The van der Waals surface area contributed by atoms with Gasteiger partial charge in [0, 0.05) is 13.6 Å². The molecule has 1 N–H and O–H groups in total. The largest absolute Gasteiger partial charge is 0.481 e. The number of para-hydroxylation sites is 1. The summed E-state index contributed by atoms with van der Waals surface area (Å²) in [6.07, 6.45) is 0.443. The van der Waals surface area contributed by atoms with E-state index in [9.17, 15) is 14.4 Å². The van der Waals surface area contributed by atoms with Crippen LogP contribution in [0.3, 0.4) is 0 Å². The first-order valence-electron chi connectivity index (χ1n) is 6.90. The first-order valence-corrected chi connectivity index (χ1v) is 7.27. The van der Waals surface area contributed by atoms with Crippen LogP contribution in [0.15, 0.2) is 24.3 Å². The van der Waals surface area contributed by atoms with Crippen LogP contribution in [0.1, 0.15) is 13.3 Å². The van der Waals surface area contributed by atoms with E-state index in [1.165, 1.54) is 23.8 Å². The fourth-order valence-corrected chi connectivity index (χ4v) is 2.74. The van der Waals surface area contributed by atoms with Gasteiger partial charge in [0.2, 0.25) is 11.8 Å². The second kappa shape index (κ2) is 6.36. The second-order valence-corrected chi connectivity index (χ2v) is 5.66. The Bertz CT molecular complexity index is 619. The van der Waals surface area contributed by atoms with Crippen molar-refractivity contribution in [2.45, 2.75) is 19.4 Å². The molecule has 2 rings (SSSR count). The number of carboxylic acid groups (broad SMARTS) is 1. The smallest absolute Gasteiger partial charge is 0.315 e. The summed E-state index contributed by atoms with van der Waals surface area (Å²) < 4.78 is 0. The molecule has 1 saturated heterocycles. The quantitative estimate of drug-likeness (QED) is 0.854. The van der Waals surface area contributed by atoms with E-state index in [4.69, 9.17) is 16.7 Å². The highest BCUT2D eigenvalue weighted by molar-refractivity contribution is 6.34. The number of halogens is 1. The number of rotatable bonds is 4. The zero-order valence-corrected chi connectivity index (χ0v) is 13.1. The van der Waals surface area contributed by atoms with E-state index in [-0.39, 0.29) is 5.91 Å². The fourth-order valence-electron chi connectivity index (χ4n) is 2.50. The molecule has 1 fully saturated rings. The molecule has 6 nitrogen and oxygen atoms in total. The summed E-state index contributed by atoms with van der Waals surface area (Å²) in [5.74, 6) is -3.20. The number of benzene rings is 1. The van der Waals surface area contributed by atoms with E-state index >= 15 is 0 Å². The number of amides is 2. The molecule has 0 saturated carbocycles. The molecule has 2 amide bonds. The first kappa shape index (κ1) is 16.3. The van der Waals surface area contributed by atoms with Crippen LogP contribution in [-0.2, 0) is 14.4 Å². The molecule has 1 aromatic rings. The van der Waals surface area contributed by atoms with Gasteiger partial charge in [-0.3, -0.25) is 14.4 Å². The van der Waals surface area contributed by atoms with Crippen LogP contribution in [0.5, 0.6) is 0 Å². The van der Waals surface area contributed by atoms with Gasteiger partial charge < -0.3 is 14.9 Å². The van der Waals surface area contributed by atoms with Crippen LogP contribution in [0.25, 0.3) is 0 Å². The predicted octanol–water partition coefficient (Wildman–Crippen LogP) is 1.62. The van der Waals surface area contributed by atoms with Crippen molar-refractivity contribution in [3.63, 3.8) is 0 Å². The molecule has 1 heterocycles. The summed E-state index contributed by atoms with van der Waals surface area (Å²) >= 11 is 6.10. The summed E-state index contributed by atoms with van der Waals surface area (Å²) in [5.41, 5.74) is 0.601. The van der Waals surface area contributed by atoms with Gasteiger partial charge in [-0.1, -0.05) is 23.7 Å². The normalized spacial score (nSPS) is 19.1. The van der Waals surface area contributed by atoms with Crippen LogP contribution < -0.4 is 4.90 Å². The molecule has 1 aromatic carbocycles. The highest BCUT2D eigenvalue weighted by atomic mass is 35.5. The molecule has 0 radical (unpaired) electrons. The zero-order chi connectivity index (χ0) is 16.4. The van der Waals surface area contributed by atoms with E-state index in [0.717, 1.165) is 0 Å². The fraction of sp³-hybridized carbons (Fsp3) is 0.400. The zero-order valence-electron chi connectivity index (χ0n) is 12.3. The molecule has 2 unspecified atom stereocenters. The number of carbonyl (C=O) groups excluding carboxylic acids is 2. The lowest BCUT2D eigenvalue weighted by atomic mass is 10.1. The molecule has 0 spiro atoms. The van der Waals surface area contributed by atoms with E-state index in [1.54, 1.807) is 24.3 Å². The van der Waals surface area contributed by atoms with Crippen molar-refractivity contribution < 1.29 is 19.5 Å². The number of likely N-dealkylation sites (N-methyl/N-ethyl adjacent to an activating group) is 1. The van der Waals surface area contributed by atoms with Gasteiger partial charge in [-0.15, -0.1) is 0 Å². The van der Waals surface area contributed by atoms with Crippen LogP contribution in [-0.4, -0.2) is 47.4 Å². The van der Waals surface area contributed by atoms with Gasteiger partial charge in [-0.25, -0.2) is 0 Å². The molecule has 0 aliphatic carbocycles. The minimum absolute atomic E-state index is 0.249. The minimum atomic E-state index is -1.20. The predicted molar refractivity (Wildman–Crippen MR) is 81.8 cm³/mol. The van der Waals surface area contributed by atoms with Crippen molar-refractivity contribution in [3.8, 4) is 0 Å². The first-order chi connectivity index (χ1) is 10.3. The van der Waals surface area contributed by atoms with Crippen molar-refractivity contribution >= 4 is 35.1 Å². The van der Waals surface area contributed by atoms with Gasteiger partial charge in [0.1, 0.15) is 12.0 Å². The number of carboxylic acids is 1. The van der Waals surface area contributed by atoms with E-state index in [0.29, 0.717) is 23.7 Å². The van der Waals surface area contributed by atoms with Crippen LogP contribution in [0, 0.1) is 5.92 Å². The number of nitrogens with zero attached hydrogens (tertiary/aromatic N) is 2. The Morgan fingerprint density at radius 2 is 2.05 bits per heavy atom. The number of hydrogen-bond acceptors (Lipinski definition) is 3. The van der Waals surface area contributed by atoms with Crippen LogP contribution in [0.4, 0.5) is 5.69 Å². The number of hydrogen-bond donors (Lipinski definition) is 1. The van der Waals surface area contributed by atoms with Gasteiger partial charge in [0.05, 0.1) is 10.7 Å². The van der Waals surface area contributed by atoms with Gasteiger partial charge in [-0.2, -0.15) is 0 Å². The molecule has 22 heavy (non-hydrogen) atoms. The van der Waals surface area contributed by atoms with E-state index in [1.807, 2.05) is 0 Å². The van der Waals surface area contributed by atoms with Gasteiger partial charge >= 0.3 is 5.97 Å². The Morgan fingerprint density at radius 3 is 2.64 bits per heavy atom. The van der Waals surface area contributed by atoms with Crippen molar-refractivity contribution in [3.05, 3.63) is 29.3 Å². The maximum absolute atomic E-state index is 12.5. The summed E-state index contributed by atoms with van der Waals surface area (Å²) in [4.78, 5) is 38.3. The van der Waals surface area contributed by atoms with Crippen molar-refractivity contribution in [1.82, 2.24) is 4.90 Å². The lowest BCUT2D eigenvalue weighted by Crippen LogP contribution is -2.46. The third kappa shape index (κ3) is 2.92. The molecule has 0 bridgehead atoms. The van der Waals surface area contributed by atoms with E-state index in [2.05, 4.69) is 0 Å². The summed E-state index contributed by atoms with van der Waals surface area (Å²) in [6.45, 7) is 1.75. The average Bonchev–Trinajstić information content (AvgIpc) is 2.87. The Balaban J connectivity index is 2.16. The molecule has 0 aromatic heterocycles. The maximum Gasteiger partial charge on any atom is 0.315 e. The standard InChI is InChI=1S/C15H17ClN2O4/c1-9(15(21)22)13(19)17(2)12-7-8-18(14(12)20)11-6-4-3-5-10(11)16/h3-6,9,12H,7-8H2,1-2H3,(H,21,22). The summed E-state index contributed by atoms with van der Waals surface area (Å²) in [7, 11) is 1.46. The Kier molecular flexibility index (Phi) is 4.71. The summed E-state index contributed by atoms with van der Waals surface area (Å²) in [5, 5.41) is 9.38. The second-order valence-electron chi connectivity index (χ2n) is 5.25. The van der Waals surface area contributed by atoms with Crippen molar-refractivity contribution in [2.24, 2.45) is 5.92 Å². The molecule has 1 aliphatic heterocycles. The lowest BCUT2D eigenvalue weighted by Gasteiger charge is -2.25. The third-order valence-electron chi connectivity index (χ3n) is 3.88. The SMILES string of the molecule is CC(C(=O)O)C(=O)N(C)C1CCN(c2ccccc2Cl)C1=O. The minimum Gasteiger partial charge on any atom is -0.481 e. The number of anilines is 1. The van der Waals surface area contributed by atoms with Crippen molar-refractivity contribution in [1.29, 1.82) is 0 Å². The third-order valence-corrected chi connectivity index (χ3v) is 4.20. The van der Waals surface area contributed by atoms with Gasteiger partial charge in [0.25, 0.3) is 0 Å². The van der Waals surface area contributed by atoms with Crippen LogP contribution in [0.2, 0.25) is 5.02 Å². The molecule has 1 aliphatic rings. The van der Waals surface area contributed by atoms with Crippen molar-refractivity contribution in [2.75, 3.05) is 18.5 Å². The van der Waals surface area contributed by atoms with Crippen LogP contribution >= 0.6 is 11.6 Å². The lowest BCUT2D eigenvalue weighted by molar-refractivity contribution is -0.151. The summed E-state index contributed by atoms with van der Waals surface area (Å²) in [6, 6.07) is 6.33. The maximum atomic E-state index is 12.5. The molecule has 2 atom stereocenters. The Morgan fingerprint density at radius 1 is 1.41 bits per heavy atom. The number of aliphatic carboxylic acids is 1. The number of carbonyl (C=O) groups is 3. The Labute approximate surface area is 133 Å². The highest BCUT2D eigenvalue weighted by Gasteiger charge is 2.39. The van der Waals surface area contributed by atoms with E-state index < -0.39 is 23.8 Å². The Hall–Kier alpha value is -2.08. The topological polar surface area (TPSA) is 77.9 Å². The molecular weight excluding hydrogens is 308 g/mol. The monoisotopic (exact) mass is 324 g/mol. The van der Waals surface area contributed by atoms with Gasteiger partial charge in [-0.05, 0) is 25.5 Å².